The second-order valence-electron chi connectivity index (χ2n) is 17.4. The molecule has 3 heterocycles. The third-order valence-corrected chi connectivity index (χ3v) is 12.6. The van der Waals surface area contributed by atoms with Gasteiger partial charge in [0, 0.05) is 56.8 Å². The summed E-state index contributed by atoms with van der Waals surface area (Å²) in [5.41, 5.74) is -2.05. The van der Waals surface area contributed by atoms with Crippen LogP contribution in [0.1, 0.15) is 117 Å². The maximum Gasteiger partial charge on any atom is 0.408 e. The van der Waals surface area contributed by atoms with Gasteiger partial charge in [0.15, 0.2) is 0 Å². The number of fused-ring (bicyclic) bond motifs is 3. The van der Waals surface area contributed by atoms with Crippen molar-refractivity contribution >= 4 is 29.7 Å². The van der Waals surface area contributed by atoms with Gasteiger partial charge in [-0.15, -0.1) is 0 Å². The van der Waals surface area contributed by atoms with Crippen molar-refractivity contribution in [3.8, 4) is 0 Å². The average Bonchev–Trinajstić information content (AvgIpc) is 3.66. The average molecular weight is 743 g/mol. The highest BCUT2D eigenvalue weighted by Crippen LogP contribution is 2.46. The van der Waals surface area contributed by atoms with Crippen LogP contribution in [0.2, 0.25) is 0 Å². The first-order valence-corrected chi connectivity index (χ1v) is 20.1. The predicted octanol–water partition coefficient (Wildman–Crippen LogP) is 4.11. The number of alkyl carbamates (subject to hydrolysis) is 1. The van der Waals surface area contributed by atoms with Crippen LogP contribution in [0.25, 0.3) is 0 Å². The van der Waals surface area contributed by atoms with Gasteiger partial charge in [-0.05, 0) is 84.5 Å². The van der Waals surface area contributed by atoms with E-state index < -0.39 is 53.2 Å². The second-order valence-corrected chi connectivity index (χ2v) is 17.4. The number of esters is 1. The number of carbonyl (C=O) groups excluding carboxylic acids is 5. The molecule has 2 saturated heterocycles. The molecule has 13 nitrogen and oxygen atoms in total. The molecule has 3 saturated carbocycles. The van der Waals surface area contributed by atoms with Crippen LogP contribution >= 0.6 is 0 Å². The van der Waals surface area contributed by atoms with E-state index in [1.807, 2.05) is 12.2 Å². The van der Waals surface area contributed by atoms with Gasteiger partial charge in [0.05, 0.1) is 25.4 Å². The molecule has 53 heavy (non-hydrogen) atoms. The number of hydrogen-bond acceptors (Lipinski definition) is 10. The largest absolute Gasteiger partial charge is 0.467 e. The number of carbonyl (C=O) groups is 5. The number of hydrogen-bond donors (Lipinski definition) is 3. The van der Waals surface area contributed by atoms with E-state index in [2.05, 4.69) is 16.0 Å². The lowest BCUT2D eigenvalue weighted by molar-refractivity contribution is -0.148. The number of amides is 3. The van der Waals surface area contributed by atoms with Gasteiger partial charge in [-0.3, -0.25) is 14.4 Å². The smallest absolute Gasteiger partial charge is 0.408 e. The summed E-state index contributed by atoms with van der Waals surface area (Å²) in [5, 5.41) is 9.73. The van der Waals surface area contributed by atoms with E-state index in [4.69, 9.17) is 18.9 Å². The van der Waals surface area contributed by atoms with Gasteiger partial charge >= 0.3 is 12.1 Å². The Kier molecular flexibility index (Phi) is 12.5. The lowest BCUT2D eigenvalue weighted by atomic mass is 9.71. The zero-order valence-corrected chi connectivity index (χ0v) is 32.4. The summed E-state index contributed by atoms with van der Waals surface area (Å²) in [5.74, 6) is -0.962. The fourth-order valence-corrected chi connectivity index (χ4v) is 9.71. The van der Waals surface area contributed by atoms with Crippen molar-refractivity contribution in [1.82, 2.24) is 20.9 Å². The van der Waals surface area contributed by atoms with Crippen LogP contribution in [-0.4, -0.2) is 109 Å². The van der Waals surface area contributed by atoms with Crippen LogP contribution in [0, 0.1) is 17.8 Å². The molecule has 5 fully saturated rings. The topological polar surface area (TPSA) is 162 Å². The van der Waals surface area contributed by atoms with Crippen molar-refractivity contribution in [1.29, 1.82) is 0 Å². The van der Waals surface area contributed by atoms with Gasteiger partial charge in [-0.25, -0.2) is 9.59 Å². The third kappa shape index (κ3) is 9.44. The summed E-state index contributed by atoms with van der Waals surface area (Å²) in [6.45, 7) is 5.35. The maximum atomic E-state index is 14.6. The van der Waals surface area contributed by atoms with Gasteiger partial charge in [0.25, 0.3) is 0 Å². The first-order chi connectivity index (χ1) is 25.3. The number of ether oxygens (including phenoxy) is 4. The quantitative estimate of drug-likeness (QED) is 0.267. The molecular weight excluding hydrogens is 680 g/mol. The van der Waals surface area contributed by atoms with Crippen molar-refractivity contribution in [2.45, 2.75) is 171 Å². The summed E-state index contributed by atoms with van der Waals surface area (Å²) < 4.78 is 23.5. The molecular formula is C40H62N4O9. The Labute approximate surface area is 314 Å². The van der Waals surface area contributed by atoms with Crippen LogP contribution in [0.5, 0.6) is 0 Å². The standard InChI is InChI=1S/C40H62N4O9/c1-39(2,3)53-38(49)42-30-18-15-26(45)14-10-9-13-25-22-40(25,37(48)51-5)43-35(46)33-20-28(23-44(33)36(30)47)52-34-21-31(24-11-7-6-8-12-24)41-32-19-27(50-4)16-17-29(32)34/h9,13,24-25,27-34,41H,6-8,10-12,14-23H2,1-5H3,(H,42,49)(H,43,46)/b13-9-/t25?,27?,28?,29?,30-,31?,32?,33-,34?,40+/m0/s1. The lowest BCUT2D eigenvalue weighted by Gasteiger charge is -2.49. The van der Waals surface area contributed by atoms with Crippen LogP contribution < -0.4 is 16.0 Å². The van der Waals surface area contributed by atoms with E-state index in [1.54, 1.807) is 27.9 Å². The molecule has 0 aromatic heterocycles. The minimum atomic E-state index is -1.25. The summed E-state index contributed by atoms with van der Waals surface area (Å²) in [6.07, 6.45) is 14.0. The molecule has 0 bridgehead atoms. The molecule has 7 unspecified atom stereocenters. The van der Waals surface area contributed by atoms with E-state index >= 15 is 0 Å². The monoisotopic (exact) mass is 742 g/mol. The summed E-state index contributed by atoms with van der Waals surface area (Å²) in [4.78, 5) is 69.5. The van der Waals surface area contributed by atoms with E-state index in [0.29, 0.717) is 24.8 Å². The van der Waals surface area contributed by atoms with Crippen LogP contribution in [0.3, 0.4) is 0 Å². The highest BCUT2D eigenvalue weighted by atomic mass is 16.6. The molecule has 6 aliphatic rings. The Hall–Kier alpha value is -3.03. The number of rotatable bonds is 6. The zero-order chi connectivity index (χ0) is 37.9. The number of Topliss-reactive ketones (excluding diaryl/α,β-unsaturated/α-hetero) is 1. The lowest BCUT2D eigenvalue weighted by Crippen LogP contribution is -2.60. The molecule has 13 heteroatoms. The van der Waals surface area contributed by atoms with Gasteiger partial charge in [-0.2, -0.15) is 0 Å². The summed E-state index contributed by atoms with van der Waals surface area (Å²) >= 11 is 0. The molecule has 3 aliphatic heterocycles. The minimum absolute atomic E-state index is 0.0482. The summed E-state index contributed by atoms with van der Waals surface area (Å²) in [6, 6.07) is -1.47. The Morgan fingerprint density at radius 2 is 1.70 bits per heavy atom. The van der Waals surface area contributed by atoms with E-state index in [9.17, 15) is 24.0 Å². The molecule has 10 atom stereocenters. The molecule has 3 amide bonds. The Bertz CT molecular complexity index is 1390. The normalized spacial score (nSPS) is 37.9. The van der Waals surface area contributed by atoms with Gasteiger partial charge in [-0.1, -0.05) is 31.4 Å². The number of nitrogens with one attached hydrogen (secondary N) is 3. The second kappa shape index (κ2) is 16.8. The van der Waals surface area contributed by atoms with Crippen LogP contribution in [0.15, 0.2) is 12.2 Å². The molecule has 6 rings (SSSR count). The number of methoxy groups -OCH3 is 2. The first-order valence-electron chi connectivity index (χ1n) is 20.1. The highest BCUT2D eigenvalue weighted by molar-refractivity contribution is 5.96. The molecule has 0 aromatic carbocycles. The number of ketones is 1. The molecule has 3 aliphatic carbocycles. The molecule has 0 radical (unpaired) electrons. The van der Waals surface area contributed by atoms with E-state index in [0.717, 1.165) is 25.7 Å². The van der Waals surface area contributed by atoms with Crippen LogP contribution in [-0.2, 0) is 38.1 Å². The predicted molar refractivity (Wildman–Crippen MR) is 196 cm³/mol. The van der Waals surface area contributed by atoms with Crippen molar-refractivity contribution in [2.24, 2.45) is 17.8 Å². The summed E-state index contributed by atoms with van der Waals surface area (Å²) in [7, 11) is 3.08. The van der Waals surface area contributed by atoms with Crippen molar-refractivity contribution in [2.75, 3.05) is 20.8 Å². The third-order valence-electron chi connectivity index (χ3n) is 12.6. The molecule has 0 spiro atoms. The SMILES string of the molecule is COC(=O)[C@@]12CC1/C=C\CCC(=O)CC[C@H](NC(=O)OC(C)(C)C)C(=O)N1CC(OC3CC(C4CCCCC4)NC4CC(OC)CCC43)C[C@H]1C(=O)N2. The highest BCUT2D eigenvalue weighted by Gasteiger charge is 2.62. The fourth-order valence-electron chi connectivity index (χ4n) is 9.71. The van der Waals surface area contributed by atoms with Crippen molar-refractivity contribution in [3.63, 3.8) is 0 Å². The molecule has 296 valence electrons. The van der Waals surface area contributed by atoms with Gasteiger partial charge in [0.2, 0.25) is 11.8 Å². The van der Waals surface area contributed by atoms with Crippen molar-refractivity contribution in [3.05, 3.63) is 12.2 Å². The Balaban J connectivity index is 1.27. The van der Waals surface area contributed by atoms with E-state index in [1.165, 1.54) is 44.1 Å². The Morgan fingerprint density at radius 1 is 0.925 bits per heavy atom. The number of nitrogens with zero attached hydrogens (tertiary/aromatic N) is 1. The number of allylic oxidation sites excluding steroid dienone is 1. The van der Waals surface area contributed by atoms with Crippen molar-refractivity contribution < 1.29 is 42.9 Å². The molecule has 0 aromatic rings. The number of piperidine rings is 1. The van der Waals surface area contributed by atoms with Gasteiger partial charge in [0.1, 0.15) is 29.0 Å². The minimum Gasteiger partial charge on any atom is -0.467 e. The van der Waals surface area contributed by atoms with Gasteiger partial charge < -0.3 is 39.8 Å². The Morgan fingerprint density at radius 3 is 2.42 bits per heavy atom. The maximum absolute atomic E-state index is 14.6. The zero-order valence-electron chi connectivity index (χ0n) is 32.4. The van der Waals surface area contributed by atoms with E-state index in [-0.39, 0.29) is 68.1 Å². The fraction of sp³-hybridized carbons (Fsp3) is 0.825. The molecule has 3 N–H and O–H groups in total. The van der Waals surface area contributed by atoms with Crippen LogP contribution in [0.4, 0.5) is 4.79 Å². The first kappa shape index (κ1) is 39.7.